The third-order valence-corrected chi connectivity index (χ3v) is 7.63. The quantitative estimate of drug-likeness (QED) is 0.116. The van der Waals surface area contributed by atoms with E-state index in [4.69, 9.17) is 19.9 Å². The molecular formula is C39H47N5O8. The van der Waals surface area contributed by atoms with Crippen LogP contribution >= 0.6 is 0 Å². The van der Waals surface area contributed by atoms with Crippen molar-refractivity contribution in [3.05, 3.63) is 95.2 Å². The van der Waals surface area contributed by atoms with Crippen LogP contribution in [-0.2, 0) is 25.4 Å². The lowest BCUT2D eigenvalue weighted by Gasteiger charge is -2.28. The third kappa shape index (κ3) is 10.7. The lowest BCUT2D eigenvalue weighted by Crippen LogP contribution is -2.44. The van der Waals surface area contributed by atoms with Crippen molar-refractivity contribution in [1.29, 1.82) is 0 Å². The third-order valence-electron chi connectivity index (χ3n) is 7.63. The summed E-state index contributed by atoms with van der Waals surface area (Å²) in [7, 11) is 0. The van der Waals surface area contributed by atoms with Crippen molar-refractivity contribution < 1.29 is 38.5 Å². The Balaban J connectivity index is 1.49. The molecule has 5 N–H and O–H groups in total. The number of anilines is 3. The minimum Gasteiger partial charge on any atom is -0.479 e. The lowest BCUT2D eigenvalue weighted by molar-refractivity contribution is -0.138. The van der Waals surface area contributed by atoms with Crippen molar-refractivity contribution in [2.24, 2.45) is 5.73 Å². The number of pyridine rings is 1. The summed E-state index contributed by atoms with van der Waals surface area (Å²) in [5, 5.41) is 17.0. The lowest BCUT2D eigenvalue weighted by atomic mass is 9.98. The Morgan fingerprint density at radius 1 is 0.865 bits per heavy atom. The molecule has 1 aromatic heterocycles. The van der Waals surface area contributed by atoms with E-state index in [0.717, 1.165) is 21.6 Å². The predicted molar refractivity (Wildman–Crippen MR) is 200 cm³/mol. The molecule has 3 amide bonds. The van der Waals surface area contributed by atoms with E-state index in [2.05, 4.69) is 15.6 Å². The fourth-order valence-corrected chi connectivity index (χ4v) is 5.23. The van der Waals surface area contributed by atoms with Crippen LogP contribution in [0.4, 0.5) is 31.6 Å². The number of nitrogens with one attached hydrogen (secondary N) is 2. The number of ether oxygens (including phenoxy) is 3. The van der Waals surface area contributed by atoms with Gasteiger partial charge < -0.3 is 30.4 Å². The average molecular weight is 714 g/mol. The monoisotopic (exact) mass is 713 g/mol. The van der Waals surface area contributed by atoms with Crippen LogP contribution in [0, 0.1) is 6.92 Å². The summed E-state index contributed by atoms with van der Waals surface area (Å²) in [6.45, 7) is 13.9. The Labute approximate surface area is 303 Å². The Morgan fingerprint density at radius 3 is 2.13 bits per heavy atom. The SMILES string of the molecule is Cc1cc(C(Nc2ccc3c(N(C(=O)OC(C)(C)C)C(=O)OC(C)(C)C)nccc3c2)C(=O)O)ccc1CCOC(=O)Nc1cccc([C@H](C)N)c1. The van der Waals surface area contributed by atoms with E-state index in [-0.39, 0.29) is 18.5 Å². The van der Waals surface area contributed by atoms with Gasteiger partial charge >= 0.3 is 24.2 Å². The molecule has 0 bridgehead atoms. The zero-order valence-corrected chi connectivity index (χ0v) is 30.8. The predicted octanol–water partition coefficient (Wildman–Crippen LogP) is 8.27. The second-order valence-electron chi connectivity index (χ2n) is 14.4. The smallest absolute Gasteiger partial charge is 0.425 e. The number of hydrogen-bond donors (Lipinski definition) is 4. The van der Waals surface area contributed by atoms with Crippen molar-refractivity contribution >= 4 is 52.2 Å². The second kappa shape index (κ2) is 16.1. The van der Waals surface area contributed by atoms with Crippen LogP contribution < -0.4 is 21.3 Å². The number of benzene rings is 3. The number of amides is 3. The van der Waals surface area contributed by atoms with E-state index in [1.165, 1.54) is 6.20 Å². The molecule has 0 saturated heterocycles. The first-order valence-electron chi connectivity index (χ1n) is 16.8. The molecule has 52 heavy (non-hydrogen) atoms. The molecule has 1 unspecified atom stereocenters. The summed E-state index contributed by atoms with van der Waals surface area (Å²) in [6.07, 6.45) is -0.632. The van der Waals surface area contributed by atoms with Crippen LogP contribution in [0.25, 0.3) is 10.8 Å². The molecule has 0 radical (unpaired) electrons. The Morgan fingerprint density at radius 2 is 1.54 bits per heavy atom. The van der Waals surface area contributed by atoms with Gasteiger partial charge in [0.05, 0.1) is 6.61 Å². The topological polar surface area (TPSA) is 182 Å². The van der Waals surface area contributed by atoms with E-state index < -0.39 is 41.5 Å². The zero-order chi connectivity index (χ0) is 38.4. The molecule has 13 heteroatoms. The molecule has 0 aliphatic heterocycles. The van der Waals surface area contributed by atoms with Crippen molar-refractivity contribution in [3.63, 3.8) is 0 Å². The molecule has 3 aromatic carbocycles. The molecule has 0 saturated carbocycles. The van der Waals surface area contributed by atoms with Gasteiger partial charge in [-0.15, -0.1) is 0 Å². The van der Waals surface area contributed by atoms with E-state index in [1.54, 1.807) is 90.1 Å². The van der Waals surface area contributed by atoms with E-state index >= 15 is 0 Å². The largest absolute Gasteiger partial charge is 0.479 e. The number of carbonyl (C=O) groups excluding carboxylic acids is 3. The number of carboxylic acids is 1. The van der Waals surface area contributed by atoms with Gasteiger partial charge in [-0.05, 0) is 119 Å². The first-order chi connectivity index (χ1) is 24.3. The number of carboxylic acid groups (broad SMARTS) is 1. The number of nitrogens with two attached hydrogens (primary N) is 1. The highest BCUT2D eigenvalue weighted by Gasteiger charge is 2.34. The van der Waals surface area contributed by atoms with E-state index in [9.17, 15) is 24.3 Å². The molecule has 0 aliphatic carbocycles. The van der Waals surface area contributed by atoms with Crippen LogP contribution in [0.2, 0.25) is 0 Å². The summed E-state index contributed by atoms with van der Waals surface area (Å²) < 4.78 is 16.4. The Bertz CT molecular complexity index is 1920. The number of nitrogens with zero attached hydrogens (tertiary/aromatic N) is 2. The summed E-state index contributed by atoms with van der Waals surface area (Å²) in [4.78, 5) is 56.5. The van der Waals surface area contributed by atoms with Crippen molar-refractivity contribution in [2.45, 2.75) is 85.1 Å². The summed E-state index contributed by atoms with van der Waals surface area (Å²) >= 11 is 0. The maximum absolute atomic E-state index is 13.3. The number of aromatic nitrogens is 1. The van der Waals surface area contributed by atoms with E-state index in [1.807, 2.05) is 32.0 Å². The van der Waals surface area contributed by atoms with Gasteiger partial charge in [0.2, 0.25) is 0 Å². The maximum atomic E-state index is 13.3. The van der Waals surface area contributed by atoms with Crippen molar-refractivity contribution in [3.8, 4) is 0 Å². The van der Waals surface area contributed by atoms with Crippen LogP contribution in [0.1, 0.15) is 82.8 Å². The number of carbonyl (C=O) groups is 4. The molecule has 0 fully saturated rings. The highest BCUT2D eigenvalue weighted by atomic mass is 16.6. The molecule has 1 heterocycles. The van der Waals surface area contributed by atoms with Crippen molar-refractivity contribution in [2.75, 3.05) is 22.1 Å². The molecule has 0 aliphatic rings. The second-order valence-corrected chi connectivity index (χ2v) is 14.4. The Hall–Kier alpha value is -5.69. The minimum atomic E-state index is -1.11. The van der Waals surface area contributed by atoms with Crippen LogP contribution in [0.15, 0.2) is 72.9 Å². The molecule has 0 spiro atoms. The maximum Gasteiger partial charge on any atom is 0.425 e. The van der Waals surface area contributed by atoms with Gasteiger partial charge in [0, 0.05) is 35.4 Å². The van der Waals surface area contributed by atoms with Gasteiger partial charge in [0.1, 0.15) is 11.2 Å². The number of fused-ring (bicyclic) bond motifs is 1. The van der Waals surface area contributed by atoms with Crippen LogP contribution in [-0.4, -0.2) is 52.1 Å². The average Bonchev–Trinajstić information content (AvgIpc) is 3.02. The molecule has 2 atom stereocenters. The molecule has 4 aromatic rings. The van der Waals surface area contributed by atoms with Crippen molar-refractivity contribution in [1.82, 2.24) is 4.98 Å². The van der Waals surface area contributed by atoms with Gasteiger partial charge in [-0.3, -0.25) is 5.32 Å². The fraction of sp³-hybridized carbons (Fsp3) is 0.359. The summed E-state index contributed by atoms with van der Waals surface area (Å²) in [6, 6.07) is 17.9. The molecule has 13 nitrogen and oxygen atoms in total. The Kier molecular flexibility index (Phi) is 12.1. The number of rotatable bonds is 10. The van der Waals surface area contributed by atoms with E-state index in [0.29, 0.717) is 34.1 Å². The number of hydrogen-bond acceptors (Lipinski definition) is 10. The standard InChI is InChI=1S/C39H47N5O8/c1-23-20-28(13-12-25(23)17-19-50-35(47)43-29-11-9-10-26(21-29)24(2)40)32(34(45)46)42-30-14-15-31-27(22-30)16-18-41-33(31)44(36(48)51-38(3,4)5)37(49)52-39(6,7)8/h9-16,18,20-22,24,32,42H,17,19,40H2,1-8H3,(H,43,47)(H,45,46)/t24-,32?/m0/s1. The first-order valence-corrected chi connectivity index (χ1v) is 16.8. The number of aliphatic carboxylic acids is 1. The summed E-state index contributed by atoms with van der Waals surface area (Å²) in [5.41, 5.74) is 8.31. The minimum absolute atomic E-state index is 0.00504. The highest BCUT2D eigenvalue weighted by Crippen LogP contribution is 2.31. The van der Waals surface area contributed by atoms with Gasteiger partial charge in [-0.2, -0.15) is 4.90 Å². The fourth-order valence-electron chi connectivity index (χ4n) is 5.23. The molecular weight excluding hydrogens is 666 g/mol. The zero-order valence-electron chi connectivity index (χ0n) is 30.8. The number of aryl methyl sites for hydroxylation is 1. The van der Waals surface area contributed by atoms with Crippen LogP contribution in [0.3, 0.4) is 0 Å². The first kappa shape index (κ1) is 39.1. The molecule has 4 rings (SSSR count). The van der Waals surface area contributed by atoms with Gasteiger partial charge in [0.15, 0.2) is 11.9 Å². The molecule has 276 valence electrons. The van der Waals surface area contributed by atoms with Gasteiger partial charge in [-0.1, -0.05) is 30.3 Å². The van der Waals surface area contributed by atoms with Gasteiger partial charge in [0.25, 0.3) is 0 Å². The normalized spacial score (nSPS) is 12.7. The summed E-state index contributed by atoms with van der Waals surface area (Å²) in [5.74, 6) is -1.10. The number of imide groups is 1. The highest BCUT2D eigenvalue weighted by molar-refractivity contribution is 6.14. The van der Waals surface area contributed by atoms with Crippen LogP contribution in [0.5, 0.6) is 0 Å². The van der Waals surface area contributed by atoms with Gasteiger partial charge in [-0.25, -0.2) is 24.2 Å².